The highest BCUT2D eigenvalue weighted by Gasteiger charge is 2.74. The Bertz CT molecular complexity index is 258. The van der Waals surface area contributed by atoms with Crippen molar-refractivity contribution < 1.29 is 14.3 Å². The molecule has 2 rings (SSSR count). The standard InChI is InChI=1S/C9H12O3/c1-5-6-3-4-7(10)9(5,6)8(11)12-2/h5-6H,3-4H2,1-2H3/t5-,6-,9-/m1/s1. The summed E-state index contributed by atoms with van der Waals surface area (Å²) in [7, 11) is 1.35. The van der Waals surface area contributed by atoms with Crippen LogP contribution in [0.1, 0.15) is 19.8 Å². The van der Waals surface area contributed by atoms with Crippen LogP contribution in [0, 0.1) is 17.3 Å². The predicted molar refractivity (Wildman–Crippen MR) is 41.3 cm³/mol. The highest BCUT2D eigenvalue weighted by atomic mass is 16.5. The molecule has 0 bridgehead atoms. The maximum atomic E-state index is 11.4. The molecule has 3 heteroatoms. The van der Waals surface area contributed by atoms with E-state index in [1.54, 1.807) is 0 Å². The molecule has 0 spiro atoms. The van der Waals surface area contributed by atoms with Crippen molar-refractivity contribution in [2.45, 2.75) is 19.8 Å². The molecule has 0 unspecified atom stereocenters. The first kappa shape index (κ1) is 7.77. The molecule has 0 saturated heterocycles. The van der Waals surface area contributed by atoms with Gasteiger partial charge in [0.15, 0.2) is 5.78 Å². The van der Waals surface area contributed by atoms with Crippen molar-refractivity contribution in [1.29, 1.82) is 0 Å². The third-order valence-corrected chi connectivity index (χ3v) is 3.46. The van der Waals surface area contributed by atoms with Crippen LogP contribution in [-0.2, 0) is 14.3 Å². The second-order valence-electron chi connectivity index (χ2n) is 3.72. The Morgan fingerprint density at radius 2 is 2.33 bits per heavy atom. The van der Waals surface area contributed by atoms with E-state index in [0.29, 0.717) is 6.42 Å². The summed E-state index contributed by atoms with van der Waals surface area (Å²) in [5, 5.41) is 0. The van der Waals surface area contributed by atoms with Crippen molar-refractivity contribution in [2.24, 2.45) is 17.3 Å². The van der Waals surface area contributed by atoms with Crippen molar-refractivity contribution in [3.05, 3.63) is 0 Å². The summed E-state index contributed by atoms with van der Waals surface area (Å²) in [6, 6.07) is 0. The molecule has 12 heavy (non-hydrogen) atoms. The third-order valence-electron chi connectivity index (χ3n) is 3.46. The van der Waals surface area contributed by atoms with Gasteiger partial charge in [0.2, 0.25) is 0 Å². The highest BCUT2D eigenvalue weighted by Crippen LogP contribution is 2.66. The third kappa shape index (κ3) is 0.586. The summed E-state index contributed by atoms with van der Waals surface area (Å²) in [6.07, 6.45) is 1.43. The van der Waals surface area contributed by atoms with Gasteiger partial charge in [-0.25, -0.2) is 0 Å². The lowest BCUT2D eigenvalue weighted by molar-refractivity contribution is -0.151. The molecular formula is C9H12O3. The number of ether oxygens (including phenoxy) is 1. The molecule has 0 aliphatic heterocycles. The molecule has 3 atom stereocenters. The molecule has 3 nitrogen and oxygen atoms in total. The van der Waals surface area contributed by atoms with E-state index in [1.807, 2.05) is 6.92 Å². The zero-order valence-electron chi connectivity index (χ0n) is 7.29. The van der Waals surface area contributed by atoms with E-state index in [0.717, 1.165) is 6.42 Å². The van der Waals surface area contributed by atoms with E-state index >= 15 is 0 Å². The van der Waals surface area contributed by atoms with Crippen molar-refractivity contribution in [2.75, 3.05) is 7.11 Å². The van der Waals surface area contributed by atoms with Gasteiger partial charge in [-0.1, -0.05) is 6.92 Å². The fourth-order valence-electron chi connectivity index (χ4n) is 2.70. The molecule has 0 N–H and O–H groups in total. The Morgan fingerprint density at radius 3 is 2.75 bits per heavy atom. The normalized spacial score (nSPS) is 44.0. The minimum absolute atomic E-state index is 0.0897. The summed E-state index contributed by atoms with van der Waals surface area (Å²) in [5.41, 5.74) is -0.714. The van der Waals surface area contributed by atoms with Crippen molar-refractivity contribution in [3.8, 4) is 0 Å². The molecule has 0 radical (unpaired) electrons. The summed E-state index contributed by atoms with van der Waals surface area (Å²) in [4.78, 5) is 22.8. The Balaban J connectivity index is 2.31. The van der Waals surface area contributed by atoms with Crippen LogP contribution in [0.15, 0.2) is 0 Å². The molecule has 2 aliphatic rings. The molecule has 0 heterocycles. The first-order chi connectivity index (χ1) is 5.65. The molecular weight excluding hydrogens is 156 g/mol. The Kier molecular flexibility index (Phi) is 1.35. The Morgan fingerprint density at radius 1 is 1.67 bits per heavy atom. The van der Waals surface area contributed by atoms with Crippen LogP contribution in [0.25, 0.3) is 0 Å². The van der Waals surface area contributed by atoms with Crippen LogP contribution in [0.4, 0.5) is 0 Å². The van der Waals surface area contributed by atoms with E-state index in [-0.39, 0.29) is 23.6 Å². The lowest BCUT2D eigenvalue weighted by atomic mass is 9.99. The van der Waals surface area contributed by atoms with Gasteiger partial charge in [-0.3, -0.25) is 9.59 Å². The maximum Gasteiger partial charge on any atom is 0.319 e. The van der Waals surface area contributed by atoms with Gasteiger partial charge in [0, 0.05) is 6.42 Å². The predicted octanol–water partition coefficient (Wildman–Crippen LogP) is 0.775. The fourth-order valence-corrected chi connectivity index (χ4v) is 2.70. The van der Waals surface area contributed by atoms with Gasteiger partial charge in [0.1, 0.15) is 5.41 Å². The van der Waals surface area contributed by atoms with E-state index in [4.69, 9.17) is 0 Å². The van der Waals surface area contributed by atoms with Gasteiger partial charge in [0.05, 0.1) is 7.11 Å². The fraction of sp³-hybridized carbons (Fsp3) is 0.778. The lowest BCUT2D eigenvalue weighted by Gasteiger charge is -2.08. The van der Waals surface area contributed by atoms with Gasteiger partial charge in [-0.15, -0.1) is 0 Å². The number of ketones is 1. The summed E-state index contributed by atoms with van der Waals surface area (Å²) in [6.45, 7) is 1.96. The summed E-state index contributed by atoms with van der Waals surface area (Å²) in [5.74, 6) is 0.262. The zero-order chi connectivity index (χ0) is 8.93. The Hall–Kier alpha value is -0.860. The van der Waals surface area contributed by atoms with E-state index in [1.165, 1.54) is 7.11 Å². The average Bonchev–Trinajstić information content (AvgIpc) is 2.48. The van der Waals surface area contributed by atoms with Crippen molar-refractivity contribution in [3.63, 3.8) is 0 Å². The summed E-state index contributed by atoms with van der Waals surface area (Å²) >= 11 is 0. The second-order valence-corrected chi connectivity index (χ2v) is 3.72. The molecule has 2 aliphatic carbocycles. The largest absolute Gasteiger partial charge is 0.468 e. The number of methoxy groups -OCH3 is 1. The van der Waals surface area contributed by atoms with Crippen LogP contribution in [0.5, 0.6) is 0 Å². The highest BCUT2D eigenvalue weighted by molar-refractivity contribution is 6.09. The molecule has 66 valence electrons. The second kappa shape index (κ2) is 2.09. The number of fused-ring (bicyclic) bond motifs is 1. The maximum absolute atomic E-state index is 11.4. The number of esters is 1. The number of hydrogen-bond acceptors (Lipinski definition) is 3. The topological polar surface area (TPSA) is 43.4 Å². The van der Waals surface area contributed by atoms with E-state index in [2.05, 4.69) is 4.74 Å². The summed E-state index contributed by atoms with van der Waals surface area (Å²) < 4.78 is 4.66. The van der Waals surface area contributed by atoms with E-state index in [9.17, 15) is 9.59 Å². The molecule has 0 aromatic carbocycles. The van der Waals surface area contributed by atoms with Crippen molar-refractivity contribution >= 4 is 11.8 Å². The van der Waals surface area contributed by atoms with Crippen LogP contribution >= 0.6 is 0 Å². The van der Waals surface area contributed by atoms with Gasteiger partial charge < -0.3 is 4.74 Å². The Labute approximate surface area is 71.1 Å². The van der Waals surface area contributed by atoms with Crippen LogP contribution in [0.3, 0.4) is 0 Å². The number of carbonyl (C=O) groups is 2. The minimum atomic E-state index is -0.714. The zero-order valence-corrected chi connectivity index (χ0v) is 7.29. The molecule has 0 aromatic heterocycles. The molecule has 0 aromatic rings. The van der Waals surface area contributed by atoms with Crippen LogP contribution < -0.4 is 0 Å². The lowest BCUT2D eigenvalue weighted by Crippen LogP contribution is -2.27. The van der Waals surface area contributed by atoms with Gasteiger partial charge in [0.25, 0.3) is 0 Å². The SMILES string of the molecule is COC(=O)[C@@]12C(=O)CC[C@@H]1[C@H]2C. The molecule has 2 fully saturated rings. The quantitative estimate of drug-likeness (QED) is 0.429. The van der Waals surface area contributed by atoms with Crippen molar-refractivity contribution in [1.82, 2.24) is 0 Å². The number of hydrogen-bond donors (Lipinski definition) is 0. The smallest absolute Gasteiger partial charge is 0.319 e. The molecule has 0 amide bonds. The number of rotatable bonds is 1. The number of Topliss-reactive ketones (excluding diaryl/α,β-unsaturated/α-hetero) is 1. The first-order valence-corrected chi connectivity index (χ1v) is 4.27. The van der Waals surface area contributed by atoms with Gasteiger partial charge >= 0.3 is 5.97 Å². The van der Waals surface area contributed by atoms with Crippen LogP contribution in [-0.4, -0.2) is 18.9 Å². The van der Waals surface area contributed by atoms with E-state index < -0.39 is 5.41 Å². The minimum Gasteiger partial charge on any atom is -0.468 e. The first-order valence-electron chi connectivity index (χ1n) is 4.27. The van der Waals surface area contributed by atoms with Gasteiger partial charge in [-0.2, -0.15) is 0 Å². The van der Waals surface area contributed by atoms with Gasteiger partial charge in [-0.05, 0) is 18.3 Å². The average molecular weight is 168 g/mol. The number of carbonyl (C=O) groups excluding carboxylic acids is 2. The molecule has 2 saturated carbocycles. The monoisotopic (exact) mass is 168 g/mol. The van der Waals surface area contributed by atoms with Crippen LogP contribution in [0.2, 0.25) is 0 Å².